The van der Waals surface area contributed by atoms with E-state index in [0.717, 1.165) is 70.8 Å². The van der Waals surface area contributed by atoms with Crippen molar-refractivity contribution < 1.29 is 32.2 Å². The van der Waals surface area contributed by atoms with Gasteiger partial charge in [0.15, 0.2) is 0 Å². The highest BCUT2D eigenvalue weighted by atomic mass is 32.2. The number of hydrogen-bond acceptors (Lipinski definition) is 10. The van der Waals surface area contributed by atoms with E-state index in [1.807, 2.05) is 46.1 Å². The van der Waals surface area contributed by atoms with Crippen LogP contribution in [0, 0.1) is 12.3 Å². The van der Waals surface area contributed by atoms with Gasteiger partial charge in [0.1, 0.15) is 11.2 Å². The lowest BCUT2D eigenvalue weighted by molar-refractivity contribution is -0.655. The fourth-order valence-corrected chi connectivity index (χ4v) is 9.73. The van der Waals surface area contributed by atoms with Crippen molar-refractivity contribution in [2.45, 2.75) is 56.4 Å². The molecule has 0 bridgehead atoms. The van der Waals surface area contributed by atoms with Gasteiger partial charge in [-0.3, -0.25) is 9.59 Å². The van der Waals surface area contributed by atoms with Crippen LogP contribution in [0.15, 0.2) is 80.6 Å². The van der Waals surface area contributed by atoms with Crippen LogP contribution in [0.2, 0.25) is 0 Å². The van der Waals surface area contributed by atoms with Gasteiger partial charge >= 0.3 is 5.97 Å². The number of fused-ring (bicyclic) bond motifs is 2. The number of carbonyl (C=O) groups excluding carboxylic acids is 1. The first-order valence-electron chi connectivity index (χ1n) is 15.9. The number of amides is 1. The van der Waals surface area contributed by atoms with Gasteiger partial charge in [0, 0.05) is 39.6 Å². The summed E-state index contributed by atoms with van der Waals surface area (Å²) in [6.45, 7) is 6.51. The molecule has 2 heterocycles. The largest absolute Gasteiger partial charge is 0.748 e. The van der Waals surface area contributed by atoms with E-state index in [-0.39, 0.29) is 37.4 Å². The molecule has 5 rings (SSSR count). The van der Waals surface area contributed by atoms with Crippen LogP contribution in [0.3, 0.4) is 0 Å². The summed E-state index contributed by atoms with van der Waals surface area (Å²) < 4.78 is 35.8. The van der Waals surface area contributed by atoms with Crippen LogP contribution in [0.1, 0.15) is 49.2 Å². The fourth-order valence-electron chi connectivity index (χ4n) is 6.13. The Bertz CT molecular complexity index is 2080. The van der Waals surface area contributed by atoms with Crippen LogP contribution in [0.5, 0.6) is 0 Å². The average molecular weight is 770 g/mol. The van der Waals surface area contributed by atoms with Crippen molar-refractivity contribution in [1.29, 1.82) is 0 Å². The van der Waals surface area contributed by atoms with Crippen molar-refractivity contribution in [3.05, 3.63) is 86.9 Å². The minimum Gasteiger partial charge on any atom is -0.748 e. The molecule has 0 saturated heterocycles. The van der Waals surface area contributed by atoms with Crippen molar-refractivity contribution in [3.63, 3.8) is 0 Å². The quantitative estimate of drug-likeness (QED) is 0.0627. The van der Waals surface area contributed by atoms with Gasteiger partial charge in [0.05, 0.1) is 20.8 Å². The molecule has 0 unspecified atom stereocenters. The van der Waals surface area contributed by atoms with E-state index in [1.54, 1.807) is 40.2 Å². The van der Waals surface area contributed by atoms with E-state index >= 15 is 0 Å². The predicted molar refractivity (Wildman–Crippen MR) is 207 cm³/mol. The summed E-state index contributed by atoms with van der Waals surface area (Å²) in [5.74, 6) is -1.70. The van der Waals surface area contributed by atoms with E-state index in [4.69, 9.17) is 12.2 Å². The normalized spacial score (nSPS) is 17.5. The van der Waals surface area contributed by atoms with E-state index in [9.17, 15) is 27.7 Å². The van der Waals surface area contributed by atoms with Gasteiger partial charge in [0.2, 0.25) is 12.1 Å². The molecule has 14 heteroatoms. The first-order valence-corrected chi connectivity index (χ1v) is 20.8. The Morgan fingerprint density at radius 1 is 1.22 bits per heavy atom. The molecular formula is C36H39N3O6S5. The number of thioether (sulfide) groups is 2. The van der Waals surface area contributed by atoms with Crippen molar-refractivity contribution in [1.82, 2.24) is 5.32 Å². The molecule has 2 aliphatic rings. The maximum atomic E-state index is 13.0. The lowest BCUT2D eigenvalue weighted by atomic mass is 9.75. The number of carboxylic acids is 1. The van der Waals surface area contributed by atoms with Crippen LogP contribution in [-0.2, 0) is 26.3 Å². The van der Waals surface area contributed by atoms with Crippen molar-refractivity contribution in [3.8, 4) is 0 Å². The summed E-state index contributed by atoms with van der Waals surface area (Å²) in [6.07, 6.45) is 14.1. The summed E-state index contributed by atoms with van der Waals surface area (Å²) in [7, 11) is -4.34. The van der Waals surface area contributed by atoms with Gasteiger partial charge in [0.25, 0.3) is 10.9 Å². The first kappa shape index (κ1) is 38.0. The fraction of sp³-hybridized carbons (Fsp3) is 0.333. The lowest BCUT2D eigenvalue weighted by Gasteiger charge is -2.30. The van der Waals surface area contributed by atoms with Crippen LogP contribution in [0.4, 0.5) is 5.69 Å². The van der Waals surface area contributed by atoms with Gasteiger partial charge < -0.3 is 19.9 Å². The molecule has 1 aliphatic carbocycles. The molecule has 0 fully saturated rings. The number of aryl methyl sites for hydroxylation is 1. The number of anilines is 1. The van der Waals surface area contributed by atoms with Crippen molar-refractivity contribution in [2.75, 3.05) is 30.0 Å². The molecule has 0 saturated carbocycles. The lowest BCUT2D eigenvalue weighted by Crippen LogP contribution is -2.44. The van der Waals surface area contributed by atoms with Crippen LogP contribution in [-0.4, -0.2) is 60.4 Å². The van der Waals surface area contributed by atoms with E-state index in [0.29, 0.717) is 0 Å². The van der Waals surface area contributed by atoms with E-state index in [1.165, 1.54) is 0 Å². The summed E-state index contributed by atoms with van der Waals surface area (Å²) in [5, 5.41) is 15.8. The molecule has 0 spiro atoms. The van der Waals surface area contributed by atoms with Crippen molar-refractivity contribution >= 4 is 96.4 Å². The monoisotopic (exact) mass is 769 g/mol. The molecule has 264 valence electrons. The third kappa shape index (κ3) is 9.74. The maximum absolute atomic E-state index is 13.0. The van der Waals surface area contributed by atoms with Gasteiger partial charge in [-0.25, -0.2) is 8.42 Å². The van der Waals surface area contributed by atoms with E-state index in [2.05, 4.69) is 56.4 Å². The highest BCUT2D eigenvalue weighted by Gasteiger charge is 2.29. The molecule has 3 aromatic rings. The molecule has 0 atom stereocenters. The van der Waals surface area contributed by atoms with Crippen LogP contribution < -0.4 is 14.8 Å². The topological polar surface area (TPSA) is 131 Å². The highest BCUT2D eigenvalue weighted by Crippen LogP contribution is 2.48. The molecule has 0 radical (unpaired) electrons. The molecule has 2 aromatic carbocycles. The molecule has 9 nitrogen and oxygen atoms in total. The Hall–Kier alpha value is -3.27. The minimum atomic E-state index is -4.34. The maximum Gasteiger partial charge on any atom is 0.323 e. The highest BCUT2D eigenvalue weighted by molar-refractivity contribution is 8.03. The van der Waals surface area contributed by atoms with Gasteiger partial charge in [-0.05, 0) is 90.5 Å². The Kier molecular flexibility index (Phi) is 12.1. The number of carbonyl (C=O) groups is 2. The summed E-state index contributed by atoms with van der Waals surface area (Å²) in [6, 6.07) is 10.1. The second kappa shape index (κ2) is 16.0. The zero-order chi connectivity index (χ0) is 36.2. The molecule has 2 N–H and O–H groups in total. The van der Waals surface area contributed by atoms with Crippen LogP contribution >= 0.6 is 47.1 Å². The summed E-state index contributed by atoms with van der Waals surface area (Å²) in [4.78, 5) is 28.8. The second-order valence-electron chi connectivity index (χ2n) is 13.0. The zero-order valence-corrected chi connectivity index (χ0v) is 32.3. The summed E-state index contributed by atoms with van der Waals surface area (Å²) in [5.41, 5.74) is 6.07. The molecule has 1 aromatic heterocycles. The Morgan fingerprint density at radius 2 is 2.00 bits per heavy atom. The smallest absolute Gasteiger partial charge is 0.323 e. The van der Waals surface area contributed by atoms with Gasteiger partial charge in [-0.15, -0.1) is 11.8 Å². The number of thiocarbonyl (C=S) groups is 1. The third-order valence-electron chi connectivity index (χ3n) is 8.22. The van der Waals surface area contributed by atoms with Crippen molar-refractivity contribution in [2.24, 2.45) is 5.41 Å². The Balaban J connectivity index is 1.43. The number of aliphatic carboxylic acids is 1. The molecule has 1 amide bonds. The number of thiazole rings is 1. The average Bonchev–Trinajstić information content (AvgIpc) is 3.52. The van der Waals surface area contributed by atoms with Gasteiger partial charge in [-0.2, -0.15) is 4.57 Å². The third-order valence-corrected chi connectivity index (χ3v) is 12.4. The number of hydrogen-bond donors (Lipinski definition) is 2. The van der Waals surface area contributed by atoms with E-state index < -0.39 is 21.8 Å². The number of allylic oxidation sites excluding steroid dienone is 6. The SMILES string of the molecule is CSc1cc2c(cc1C)S/C(=C\C=C\C1=CC(=C/c3sc4cc(C=S)ccc4[n+]3CC(=O)NCCCS(=O)(=O)[O-])/CC(C)(C)C1)N2CC(=O)O. The minimum absolute atomic E-state index is 0.0263. The van der Waals surface area contributed by atoms with Crippen LogP contribution in [0.25, 0.3) is 16.3 Å². The standard InChI is InChI=1S/C36H39N3O6S5/c1-23-13-30-28(17-29(23)47-4)39(21-35(41)42)33(48-30)8-5-7-24-14-26(19-36(2,3)18-24)16-34-38(20-32(40)37-11-6-12-50(43,44)45)27-10-9-25(22-46)15-31(27)49-34/h5,7-10,13-17,22H,6,11-12,18-21H2,1-4H3,(H2-,37,40,41,42,43,44,45). The number of carboxylic acid groups (broad SMARTS) is 1. The number of aromatic nitrogens is 1. The Morgan fingerprint density at radius 3 is 2.70 bits per heavy atom. The predicted octanol–water partition coefficient (Wildman–Crippen LogP) is 6.84. The number of benzene rings is 2. The Labute approximate surface area is 311 Å². The number of nitrogens with one attached hydrogen (secondary N) is 1. The first-order chi connectivity index (χ1) is 23.6. The second-order valence-corrected chi connectivity index (χ2v) is 17.8. The number of rotatable bonds is 13. The number of nitrogens with zero attached hydrogens (tertiary/aromatic N) is 2. The molecular weight excluding hydrogens is 731 g/mol. The molecule has 50 heavy (non-hydrogen) atoms. The molecule has 1 aliphatic heterocycles. The van der Waals surface area contributed by atoms with Gasteiger partial charge in [-0.1, -0.05) is 67.4 Å². The summed E-state index contributed by atoms with van der Waals surface area (Å²) >= 11 is 9.94. The zero-order valence-electron chi connectivity index (χ0n) is 28.2.